The maximum Gasteiger partial charge on any atom is 0.0441 e. The summed E-state index contributed by atoms with van der Waals surface area (Å²) in [4.78, 5) is 0. The van der Waals surface area contributed by atoms with Gasteiger partial charge in [0.1, 0.15) is 0 Å². The van der Waals surface area contributed by atoms with Crippen molar-refractivity contribution >= 4 is 17.3 Å². The Morgan fingerprint density at radius 2 is 1.69 bits per heavy atom. The van der Waals surface area contributed by atoms with Crippen LogP contribution in [0.2, 0.25) is 5.02 Å². The Kier molecular flexibility index (Phi) is 3.16. The van der Waals surface area contributed by atoms with Gasteiger partial charge in [-0.05, 0) is 29.7 Å². The zero-order chi connectivity index (χ0) is 11.5. The van der Waals surface area contributed by atoms with Gasteiger partial charge in [0.2, 0.25) is 0 Å². The smallest absolute Gasteiger partial charge is 0.0441 e. The maximum atomic E-state index is 6.13. The highest BCUT2D eigenvalue weighted by molar-refractivity contribution is 6.31. The summed E-state index contributed by atoms with van der Waals surface area (Å²) in [6.07, 6.45) is 0.785. The van der Waals surface area contributed by atoms with Crippen LogP contribution in [-0.4, -0.2) is 0 Å². The van der Waals surface area contributed by atoms with Crippen molar-refractivity contribution in [3.05, 3.63) is 64.2 Å². The van der Waals surface area contributed by atoms with E-state index in [2.05, 4.69) is 0 Å². The summed E-state index contributed by atoms with van der Waals surface area (Å²) < 4.78 is 0. The van der Waals surface area contributed by atoms with E-state index in [1.165, 1.54) is 0 Å². The lowest BCUT2D eigenvalue weighted by Gasteiger charge is -2.09. The zero-order valence-corrected chi connectivity index (χ0v) is 9.96. The predicted molar refractivity (Wildman–Crippen MR) is 69.8 cm³/mol. The summed E-state index contributed by atoms with van der Waals surface area (Å²) >= 11 is 6.13. The van der Waals surface area contributed by atoms with Crippen LogP contribution in [0.15, 0.2) is 42.5 Å². The van der Waals surface area contributed by atoms with Crippen molar-refractivity contribution in [1.82, 2.24) is 0 Å². The molecule has 1 nitrogen and oxygen atoms in total. The largest absolute Gasteiger partial charge is 0.398 e. The van der Waals surface area contributed by atoms with Gasteiger partial charge in [-0.3, -0.25) is 0 Å². The van der Waals surface area contributed by atoms with E-state index in [1.54, 1.807) is 0 Å². The Labute approximate surface area is 101 Å². The summed E-state index contributed by atoms with van der Waals surface area (Å²) in [6.45, 7) is 2.02. The van der Waals surface area contributed by atoms with Crippen LogP contribution < -0.4 is 5.73 Å². The minimum Gasteiger partial charge on any atom is -0.398 e. The molecule has 0 aliphatic rings. The highest BCUT2D eigenvalue weighted by Crippen LogP contribution is 2.23. The first-order valence-corrected chi connectivity index (χ1v) is 5.63. The van der Waals surface area contributed by atoms with Crippen LogP contribution >= 0.6 is 11.6 Å². The summed E-state index contributed by atoms with van der Waals surface area (Å²) in [5.74, 6) is 0. The molecular weight excluding hydrogens is 218 g/mol. The lowest BCUT2D eigenvalue weighted by molar-refractivity contribution is 1.19. The second-order valence-electron chi connectivity index (χ2n) is 3.92. The molecule has 0 radical (unpaired) electrons. The highest BCUT2D eigenvalue weighted by atomic mass is 35.5. The van der Waals surface area contributed by atoms with Crippen LogP contribution in [0.4, 0.5) is 5.69 Å². The van der Waals surface area contributed by atoms with Crippen LogP contribution in [0, 0.1) is 6.92 Å². The molecule has 0 aliphatic carbocycles. The van der Waals surface area contributed by atoms with E-state index in [0.29, 0.717) is 0 Å². The zero-order valence-electron chi connectivity index (χ0n) is 9.20. The van der Waals surface area contributed by atoms with Crippen LogP contribution in [0.5, 0.6) is 0 Å². The van der Waals surface area contributed by atoms with Gasteiger partial charge < -0.3 is 5.73 Å². The molecule has 2 aromatic carbocycles. The van der Waals surface area contributed by atoms with Crippen LogP contribution in [-0.2, 0) is 6.42 Å². The molecular formula is C14H14ClN. The number of hydrogen-bond acceptors (Lipinski definition) is 1. The number of nitrogen functional groups attached to an aromatic ring is 1. The molecule has 0 spiro atoms. The van der Waals surface area contributed by atoms with Crippen molar-refractivity contribution in [2.75, 3.05) is 5.73 Å². The van der Waals surface area contributed by atoms with Crippen molar-refractivity contribution < 1.29 is 0 Å². The first-order valence-electron chi connectivity index (χ1n) is 5.26. The Morgan fingerprint density at radius 3 is 2.44 bits per heavy atom. The number of benzene rings is 2. The maximum absolute atomic E-state index is 6.13. The van der Waals surface area contributed by atoms with Crippen molar-refractivity contribution in [3.63, 3.8) is 0 Å². The third-order valence-corrected chi connectivity index (χ3v) is 3.12. The summed E-state index contributed by atoms with van der Waals surface area (Å²) in [5.41, 5.74) is 10.3. The second kappa shape index (κ2) is 4.58. The van der Waals surface area contributed by atoms with Gasteiger partial charge in [-0.15, -0.1) is 0 Å². The van der Waals surface area contributed by atoms with Crippen molar-refractivity contribution in [2.45, 2.75) is 13.3 Å². The van der Waals surface area contributed by atoms with Gasteiger partial charge in [0.25, 0.3) is 0 Å². The lowest BCUT2D eigenvalue weighted by Crippen LogP contribution is -1.98. The Morgan fingerprint density at radius 1 is 1.00 bits per heavy atom. The first kappa shape index (κ1) is 11.0. The molecule has 0 saturated carbocycles. The van der Waals surface area contributed by atoms with Crippen LogP contribution in [0.3, 0.4) is 0 Å². The molecule has 0 aliphatic heterocycles. The van der Waals surface area contributed by atoms with Crippen LogP contribution in [0.1, 0.15) is 16.7 Å². The molecule has 16 heavy (non-hydrogen) atoms. The Hall–Kier alpha value is -1.47. The first-order chi connectivity index (χ1) is 7.68. The van der Waals surface area contributed by atoms with E-state index in [0.717, 1.165) is 33.8 Å². The third kappa shape index (κ3) is 2.20. The molecule has 0 heterocycles. The van der Waals surface area contributed by atoms with Gasteiger partial charge in [0.05, 0.1) is 0 Å². The third-order valence-electron chi connectivity index (χ3n) is 2.75. The molecule has 2 rings (SSSR count). The normalized spacial score (nSPS) is 10.4. The van der Waals surface area contributed by atoms with E-state index >= 15 is 0 Å². The van der Waals surface area contributed by atoms with Gasteiger partial charge >= 0.3 is 0 Å². The topological polar surface area (TPSA) is 26.0 Å². The number of hydrogen-bond donors (Lipinski definition) is 1. The van der Waals surface area contributed by atoms with Gasteiger partial charge in [-0.1, -0.05) is 48.0 Å². The van der Waals surface area contributed by atoms with Gasteiger partial charge in [-0.25, -0.2) is 0 Å². The fourth-order valence-corrected chi connectivity index (χ4v) is 1.95. The van der Waals surface area contributed by atoms with E-state index in [9.17, 15) is 0 Å². The average molecular weight is 232 g/mol. The van der Waals surface area contributed by atoms with Crippen LogP contribution in [0.25, 0.3) is 0 Å². The predicted octanol–water partition coefficient (Wildman–Crippen LogP) is 3.82. The molecule has 0 saturated heterocycles. The number of nitrogens with two attached hydrogens (primary N) is 1. The van der Waals surface area contributed by atoms with Gasteiger partial charge in [0, 0.05) is 17.1 Å². The second-order valence-corrected chi connectivity index (χ2v) is 4.32. The number of para-hydroxylation sites is 1. The molecule has 0 aromatic heterocycles. The van der Waals surface area contributed by atoms with Crippen molar-refractivity contribution in [3.8, 4) is 0 Å². The average Bonchev–Trinajstić information content (AvgIpc) is 2.28. The number of rotatable bonds is 2. The van der Waals surface area contributed by atoms with E-state index < -0.39 is 0 Å². The van der Waals surface area contributed by atoms with E-state index in [-0.39, 0.29) is 0 Å². The molecule has 0 atom stereocenters. The molecule has 0 amide bonds. The summed E-state index contributed by atoms with van der Waals surface area (Å²) in [5, 5.41) is 0.795. The minimum atomic E-state index is 0.785. The van der Waals surface area contributed by atoms with Crippen molar-refractivity contribution in [1.29, 1.82) is 0 Å². The molecule has 82 valence electrons. The lowest BCUT2D eigenvalue weighted by atomic mass is 10.0. The highest BCUT2D eigenvalue weighted by Gasteiger charge is 2.05. The summed E-state index contributed by atoms with van der Waals surface area (Å²) in [6, 6.07) is 14.0. The number of aryl methyl sites for hydroxylation is 1. The van der Waals surface area contributed by atoms with Gasteiger partial charge in [0.15, 0.2) is 0 Å². The molecule has 2 N–H and O–H groups in total. The van der Waals surface area contributed by atoms with E-state index in [4.69, 9.17) is 17.3 Å². The Balaban J connectivity index is 2.35. The Bertz CT molecular complexity index is 506. The molecule has 0 fully saturated rings. The minimum absolute atomic E-state index is 0.785. The number of anilines is 1. The summed E-state index contributed by atoms with van der Waals surface area (Å²) in [7, 11) is 0. The fraction of sp³-hybridized carbons (Fsp3) is 0.143. The molecule has 2 heteroatoms. The standard InChI is InChI=1S/C14H14ClN/c1-10-5-4-7-12(14(10)16)9-11-6-2-3-8-13(11)15/h2-8H,9,16H2,1H3. The monoisotopic (exact) mass is 231 g/mol. The quantitative estimate of drug-likeness (QED) is 0.782. The molecule has 0 unspecified atom stereocenters. The fourth-order valence-electron chi connectivity index (χ4n) is 1.74. The van der Waals surface area contributed by atoms with E-state index in [1.807, 2.05) is 49.4 Å². The van der Waals surface area contributed by atoms with Crippen molar-refractivity contribution in [2.24, 2.45) is 0 Å². The molecule has 2 aromatic rings. The number of halogens is 1. The molecule has 0 bridgehead atoms. The SMILES string of the molecule is Cc1cccc(Cc2ccccc2Cl)c1N. The van der Waals surface area contributed by atoms with Gasteiger partial charge in [-0.2, -0.15) is 0 Å².